The molecule has 0 aromatic heterocycles. The minimum atomic E-state index is -1.38. The molecule has 14 nitrogen and oxygen atoms in total. The third-order valence-electron chi connectivity index (χ3n) is 8.07. The normalized spacial score (nSPS) is 14.9. The Balaban J connectivity index is 1.70. The van der Waals surface area contributed by atoms with Gasteiger partial charge in [-0.25, -0.2) is 8.78 Å². The van der Waals surface area contributed by atoms with Crippen molar-refractivity contribution in [1.29, 1.82) is 0 Å². The van der Waals surface area contributed by atoms with Crippen LogP contribution in [0, 0.1) is 11.6 Å². The van der Waals surface area contributed by atoms with E-state index in [1.807, 2.05) is 4.90 Å². The fourth-order valence-corrected chi connectivity index (χ4v) is 5.80. The maximum atomic E-state index is 15.5. The molecule has 0 saturated carbocycles. The van der Waals surface area contributed by atoms with Crippen LogP contribution in [0.25, 0.3) is 33.4 Å². The van der Waals surface area contributed by atoms with Crippen LogP contribution < -0.4 is 15.1 Å². The zero-order chi connectivity index (χ0) is 36.5. The van der Waals surface area contributed by atoms with Gasteiger partial charge in [0.15, 0.2) is 17.4 Å². The molecule has 1 aliphatic carbocycles. The minimum Gasteiger partial charge on any atom is -0.505 e. The van der Waals surface area contributed by atoms with E-state index in [-0.39, 0.29) is 46.6 Å². The SMILES string of the molecule is COCCN1CCOCCOCCOCCOc2cc(-c3c4cc(F)c(=O)c(CN(CC(=O)O)CC(=O)O)c-4oc4cc(O)c(F)cc34)ccc21. The first-order valence-electron chi connectivity index (χ1n) is 16.1. The van der Waals surface area contributed by atoms with Gasteiger partial charge in [-0.3, -0.25) is 19.3 Å². The number of halogens is 2. The summed E-state index contributed by atoms with van der Waals surface area (Å²) >= 11 is 0. The Bertz CT molecular complexity index is 1870. The van der Waals surface area contributed by atoms with E-state index in [1.165, 1.54) is 0 Å². The molecular weight excluding hydrogens is 678 g/mol. The number of aliphatic carboxylic acids is 2. The van der Waals surface area contributed by atoms with E-state index in [1.54, 1.807) is 25.3 Å². The molecule has 0 radical (unpaired) electrons. The van der Waals surface area contributed by atoms with Gasteiger partial charge in [-0.1, -0.05) is 6.07 Å². The maximum absolute atomic E-state index is 15.5. The lowest BCUT2D eigenvalue weighted by atomic mass is 9.91. The molecule has 51 heavy (non-hydrogen) atoms. The smallest absolute Gasteiger partial charge is 0.317 e. The van der Waals surface area contributed by atoms with Gasteiger partial charge in [-0.2, -0.15) is 0 Å². The van der Waals surface area contributed by atoms with Gasteiger partial charge in [-0.15, -0.1) is 0 Å². The largest absolute Gasteiger partial charge is 0.505 e. The van der Waals surface area contributed by atoms with E-state index >= 15 is 4.39 Å². The molecule has 0 spiro atoms. The lowest BCUT2D eigenvalue weighted by Crippen LogP contribution is -2.36. The van der Waals surface area contributed by atoms with E-state index in [9.17, 15) is 34.1 Å². The number of carboxylic acid groups (broad SMARTS) is 2. The molecule has 2 aromatic rings. The number of hydrogen-bond acceptors (Lipinski definition) is 12. The van der Waals surface area contributed by atoms with Crippen molar-refractivity contribution in [2.24, 2.45) is 0 Å². The van der Waals surface area contributed by atoms with Crippen LogP contribution >= 0.6 is 0 Å². The lowest BCUT2D eigenvalue weighted by Gasteiger charge is -2.27. The average molecular weight is 717 g/mol. The fraction of sp³-hybridized carbons (Fsp3) is 0.400. The van der Waals surface area contributed by atoms with Crippen LogP contribution in [0.1, 0.15) is 5.56 Å². The number of phenolic OH excluding ortho intramolecular Hbond substituents is 1. The molecule has 5 rings (SSSR count). The van der Waals surface area contributed by atoms with Gasteiger partial charge in [-0.05, 0) is 29.8 Å². The van der Waals surface area contributed by atoms with Crippen molar-refractivity contribution in [2.75, 3.05) is 91.0 Å². The molecular formula is C35H38F2N2O12. The summed E-state index contributed by atoms with van der Waals surface area (Å²) in [7, 11) is 1.58. The van der Waals surface area contributed by atoms with Crippen molar-refractivity contribution in [2.45, 2.75) is 6.54 Å². The second kappa shape index (κ2) is 17.4. The van der Waals surface area contributed by atoms with Crippen molar-refractivity contribution >= 4 is 28.6 Å². The van der Waals surface area contributed by atoms with E-state index < -0.39 is 54.4 Å². The zero-order valence-corrected chi connectivity index (χ0v) is 27.8. The first-order chi connectivity index (χ1) is 24.6. The second-order valence-electron chi connectivity index (χ2n) is 11.6. The van der Waals surface area contributed by atoms with Crippen molar-refractivity contribution < 1.29 is 61.8 Å². The highest BCUT2D eigenvalue weighted by Crippen LogP contribution is 2.45. The Morgan fingerprint density at radius 2 is 1.57 bits per heavy atom. The second-order valence-corrected chi connectivity index (χ2v) is 11.6. The number of hydrogen-bond donors (Lipinski definition) is 3. The number of rotatable bonds is 10. The highest BCUT2D eigenvalue weighted by molar-refractivity contribution is 6.03. The molecule has 274 valence electrons. The Labute approximate surface area is 290 Å². The number of fused-ring (bicyclic) bond motifs is 3. The predicted molar refractivity (Wildman–Crippen MR) is 179 cm³/mol. The Hall–Kier alpha value is -4.87. The molecule has 3 aliphatic rings. The van der Waals surface area contributed by atoms with Gasteiger partial charge < -0.3 is 48.3 Å². The van der Waals surface area contributed by atoms with Crippen molar-refractivity contribution in [3.05, 3.63) is 63.8 Å². The van der Waals surface area contributed by atoms with Crippen LogP contribution in [-0.4, -0.2) is 118 Å². The molecule has 0 saturated heterocycles. The molecule has 0 unspecified atom stereocenters. The highest BCUT2D eigenvalue weighted by atomic mass is 19.1. The van der Waals surface area contributed by atoms with Crippen LogP contribution in [0.5, 0.6) is 11.5 Å². The molecule has 3 N–H and O–H groups in total. The van der Waals surface area contributed by atoms with Gasteiger partial charge in [0.05, 0.1) is 70.6 Å². The summed E-state index contributed by atoms with van der Waals surface area (Å²) in [5, 5.41) is 29.2. The van der Waals surface area contributed by atoms with Crippen LogP contribution in [0.4, 0.5) is 14.5 Å². The van der Waals surface area contributed by atoms with Gasteiger partial charge in [0.25, 0.3) is 0 Å². The van der Waals surface area contributed by atoms with Crippen LogP contribution in [0.2, 0.25) is 0 Å². The van der Waals surface area contributed by atoms with Crippen LogP contribution in [0.15, 0.2) is 45.6 Å². The van der Waals surface area contributed by atoms with E-state index in [4.69, 9.17) is 28.1 Å². The van der Waals surface area contributed by atoms with Crippen molar-refractivity contribution in [3.8, 4) is 33.9 Å². The Morgan fingerprint density at radius 3 is 2.24 bits per heavy atom. The molecule has 2 aromatic carbocycles. The van der Waals surface area contributed by atoms with Crippen molar-refractivity contribution in [1.82, 2.24) is 4.90 Å². The summed E-state index contributed by atoms with van der Waals surface area (Å²) in [4.78, 5) is 39.2. The number of carboxylic acids is 2. The molecule has 0 fully saturated rings. The quantitative estimate of drug-likeness (QED) is 0.204. The van der Waals surface area contributed by atoms with Gasteiger partial charge >= 0.3 is 11.9 Å². The summed E-state index contributed by atoms with van der Waals surface area (Å²) < 4.78 is 65.0. The number of aromatic hydroxyl groups is 1. The summed E-state index contributed by atoms with van der Waals surface area (Å²) in [6, 6.07) is 8.08. The number of ether oxygens (including phenoxy) is 5. The third-order valence-corrected chi connectivity index (χ3v) is 8.07. The first kappa shape index (κ1) is 37.4. The standard InChI is InChI=1S/C35H38F2N2O12/c1-46-6-4-39-5-7-47-8-9-48-10-11-49-12-13-50-30-14-21(2-3-27(30)39)33-22-15-25(36)28(40)17-29(22)51-35-23(33)16-26(37)34(45)24(35)18-38(19-31(41)42)20-32(43)44/h2-3,14-17,40H,4-13,18-20H2,1H3,(H,41,42)(H,43,44). The van der Waals surface area contributed by atoms with Gasteiger partial charge in [0, 0.05) is 49.3 Å². The topological polar surface area (TPSA) is 178 Å². The summed E-state index contributed by atoms with van der Waals surface area (Å²) in [6.07, 6.45) is 0. The van der Waals surface area contributed by atoms with Crippen LogP contribution in [0.3, 0.4) is 0 Å². The number of methoxy groups -OCH3 is 1. The number of phenols is 1. The van der Waals surface area contributed by atoms with Crippen LogP contribution in [-0.2, 0) is 35.1 Å². The highest BCUT2D eigenvalue weighted by Gasteiger charge is 2.28. The molecule has 16 heteroatoms. The Kier molecular flexibility index (Phi) is 12.7. The predicted octanol–water partition coefficient (Wildman–Crippen LogP) is 3.41. The first-order valence-corrected chi connectivity index (χ1v) is 16.1. The maximum Gasteiger partial charge on any atom is 0.317 e. The lowest BCUT2D eigenvalue weighted by molar-refractivity contribution is -0.142. The number of nitrogens with zero attached hydrogens (tertiary/aromatic N) is 2. The zero-order valence-electron chi connectivity index (χ0n) is 27.8. The molecule has 0 atom stereocenters. The fourth-order valence-electron chi connectivity index (χ4n) is 5.80. The third kappa shape index (κ3) is 9.28. The van der Waals surface area contributed by atoms with Crippen molar-refractivity contribution in [3.63, 3.8) is 0 Å². The van der Waals surface area contributed by atoms with Gasteiger partial charge in [0.1, 0.15) is 23.7 Å². The van der Waals surface area contributed by atoms with Gasteiger partial charge in [0.2, 0.25) is 5.43 Å². The summed E-state index contributed by atoms with van der Waals surface area (Å²) in [5.74, 6) is -5.56. The molecule has 0 bridgehead atoms. The number of anilines is 1. The molecule has 0 amide bonds. The number of benzene rings is 3. The average Bonchev–Trinajstić information content (AvgIpc) is 3.08. The van der Waals surface area contributed by atoms with E-state index in [0.717, 1.165) is 23.1 Å². The monoisotopic (exact) mass is 716 g/mol. The summed E-state index contributed by atoms with van der Waals surface area (Å²) in [6.45, 7) is 1.39. The number of carbonyl (C=O) groups is 2. The minimum absolute atomic E-state index is 0.00959. The van der Waals surface area contributed by atoms with E-state index in [0.29, 0.717) is 69.7 Å². The van der Waals surface area contributed by atoms with E-state index in [2.05, 4.69) is 0 Å². The molecule has 2 heterocycles. The molecule has 2 aliphatic heterocycles. The summed E-state index contributed by atoms with van der Waals surface area (Å²) in [5.41, 5.74) is -0.332. The Morgan fingerprint density at radius 1 is 0.902 bits per heavy atom.